The smallest absolute Gasteiger partial charge is 0.255 e. The molecule has 0 atom stereocenters. The highest BCUT2D eigenvalue weighted by Crippen LogP contribution is 2.25. The Morgan fingerprint density at radius 3 is 2.28 bits per heavy atom. The zero-order chi connectivity index (χ0) is 21.0. The molecule has 2 amide bonds. The van der Waals surface area contributed by atoms with Crippen LogP contribution < -0.4 is 5.43 Å². The van der Waals surface area contributed by atoms with Gasteiger partial charge in [-0.3, -0.25) is 9.59 Å². The molecule has 0 radical (unpaired) electrons. The summed E-state index contributed by atoms with van der Waals surface area (Å²) in [5.74, 6) is -0.614. The van der Waals surface area contributed by atoms with E-state index in [0.29, 0.717) is 57.1 Å². The average molecular weight is 473 g/mol. The summed E-state index contributed by atoms with van der Waals surface area (Å²) in [6.45, 7) is 0.909. The molecule has 5 nitrogen and oxygen atoms in total. The molecule has 1 saturated heterocycles. The summed E-state index contributed by atoms with van der Waals surface area (Å²) in [6.07, 6.45) is 2.49. The van der Waals surface area contributed by atoms with Gasteiger partial charge in [-0.25, -0.2) is 5.43 Å². The van der Waals surface area contributed by atoms with Crippen LogP contribution in [0.2, 0.25) is 20.1 Å². The largest absolute Gasteiger partial charge is 0.339 e. The number of nitrogens with zero attached hydrogens (tertiary/aromatic N) is 2. The SMILES string of the molecule is O=C(N/N=C\c1c(Cl)cccc1Cl)C1CCN(C(=O)c2ccc(Cl)cc2Cl)CC1. The Balaban J connectivity index is 1.54. The van der Waals surface area contributed by atoms with E-state index in [0.717, 1.165) is 0 Å². The van der Waals surface area contributed by atoms with Gasteiger partial charge in [0.1, 0.15) is 0 Å². The third-order valence-corrected chi connectivity index (χ3v) is 5.89. The van der Waals surface area contributed by atoms with Gasteiger partial charge in [-0.1, -0.05) is 52.5 Å². The molecule has 3 rings (SSSR count). The third-order valence-electron chi connectivity index (χ3n) is 4.68. The van der Waals surface area contributed by atoms with E-state index < -0.39 is 0 Å². The van der Waals surface area contributed by atoms with E-state index >= 15 is 0 Å². The first kappa shape index (κ1) is 21.9. The second-order valence-corrected chi connectivity index (χ2v) is 8.22. The van der Waals surface area contributed by atoms with E-state index in [1.165, 1.54) is 6.21 Å². The van der Waals surface area contributed by atoms with Crippen LogP contribution in [0.5, 0.6) is 0 Å². The second-order valence-electron chi connectivity index (χ2n) is 6.56. The second kappa shape index (κ2) is 9.81. The summed E-state index contributed by atoms with van der Waals surface area (Å²) >= 11 is 24.1. The van der Waals surface area contributed by atoms with E-state index in [4.69, 9.17) is 46.4 Å². The maximum absolute atomic E-state index is 12.7. The summed E-state index contributed by atoms with van der Waals surface area (Å²) < 4.78 is 0. The Bertz CT molecular complexity index is 936. The molecule has 9 heteroatoms. The minimum Gasteiger partial charge on any atom is -0.339 e. The van der Waals surface area contributed by atoms with Crippen molar-refractivity contribution in [1.82, 2.24) is 10.3 Å². The lowest BCUT2D eigenvalue weighted by atomic mass is 9.95. The minimum atomic E-state index is -0.237. The third kappa shape index (κ3) is 5.43. The number of piperidine rings is 1. The first-order valence-electron chi connectivity index (χ1n) is 8.88. The lowest BCUT2D eigenvalue weighted by molar-refractivity contribution is -0.126. The van der Waals surface area contributed by atoms with Crippen LogP contribution in [0.1, 0.15) is 28.8 Å². The number of benzene rings is 2. The molecule has 152 valence electrons. The molecule has 1 N–H and O–H groups in total. The fourth-order valence-electron chi connectivity index (χ4n) is 3.06. The van der Waals surface area contributed by atoms with Gasteiger partial charge in [-0.05, 0) is 43.2 Å². The fraction of sp³-hybridized carbons (Fsp3) is 0.250. The minimum absolute atomic E-state index is 0.170. The van der Waals surface area contributed by atoms with Crippen LogP contribution in [-0.4, -0.2) is 36.0 Å². The van der Waals surface area contributed by atoms with Crippen molar-refractivity contribution >= 4 is 64.4 Å². The summed E-state index contributed by atoms with van der Waals surface area (Å²) in [7, 11) is 0. The van der Waals surface area contributed by atoms with E-state index in [2.05, 4.69) is 10.5 Å². The number of carbonyl (C=O) groups is 2. The number of likely N-dealkylation sites (tertiary alicyclic amines) is 1. The molecule has 1 fully saturated rings. The predicted octanol–water partition coefficient (Wildman–Crippen LogP) is 5.30. The van der Waals surface area contributed by atoms with E-state index in [-0.39, 0.29) is 17.7 Å². The van der Waals surface area contributed by atoms with Crippen molar-refractivity contribution < 1.29 is 9.59 Å². The van der Waals surface area contributed by atoms with Crippen LogP contribution in [0.15, 0.2) is 41.5 Å². The van der Waals surface area contributed by atoms with Crippen molar-refractivity contribution in [1.29, 1.82) is 0 Å². The quantitative estimate of drug-likeness (QED) is 0.484. The van der Waals surface area contributed by atoms with Crippen LogP contribution in [0.4, 0.5) is 0 Å². The Hall–Kier alpha value is -1.79. The van der Waals surface area contributed by atoms with Gasteiger partial charge >= 0.3 is 0 Å². The Morgan fingerprint density at radius 1 is 1.00 bits per heavy atom. The predicted molar refractivity (Wildman–Crippen MR) is 117 cm³/mol. The molecule has 0 spiro atoms. The lowest BCUT2D eigenvalue weighted by Crippen LogP contribution is -2.42. The number of nitrogens with one attached hydrogen (secondary N) is 1. The molecule has 0 bridgehead atoms. The number of hydrogen-bond acceptors (Lipinski definition) is 3. The molecule has 2 aromatic carbocycles. The number of amides is 2. The summed E-state index contributed by atoms with van der Waals surface area (Å²) in [6, 6.07) is 9.89. The van der Waals surface area contributed by atoms with E-state index in [9.17, 15) is 9.59 Å². The molecule has 1 heterocycles. The zero-order valence-electron chi connectivity index (χ0n) is 15.2. The molecule has 0 aromatic heterocycles. The van der Waals surface area contributed by atoms with Crippen LogP contribution in [0.3, 0.4) is 0 Å². The number of hydrazone groups is 1. The van der Waals surface area contributed by atoms with Crippen molar-refractivity contribution in [3.63, 3.8) is 0 Å². The molecule has 2 aromatic rings. The first-order valence-corrected chi connectivity index (χ1v) is 10.4. The summed E-state index contributed by atoms with van der Waals surface area (Å²) in [4.78, 5) is 26.7. The number of rotatable bonds is 4. The molecule has 0 unspecified atom stereocenters. The zero-order valence-corrected chi connectivity index (χ0v) is 18.2. The highest BCUT2D eigenvalue weighted by atomic mass is 35.5. The van der Waals surface area contributed by atoms with Crippen LogP contribution in [-0.2, 0) is 4.79 Å². The van der Waals surface area contributed by atoms with Gasteiger partial charge < -0.3 is 4.90 Å². The Kier molecular flexibility index (Phi) is 7.41. The standard InChI is InChI=1S/C20H17Cl4N3O2/c21-13-4-5-14(18(24)10-13)20(29)27-8-6-12(7-9-27)19(28)26-25-11-15-16(22)2-1-3-17(15)23/h1-5,10-12H,6-9H2,(H,26,28)/b25-11-. The van der Waals surface area contributed by atoms with Crippen LogP contribution >= 0.6 is 46.4 Å². The number of hydrogen-bond donors (Lipinski definition) is 1. The topological polar surface area (TPSA) is 61.8 Å². The van der Waals surface area contributed by atoms with Gasteiger partial charge in [0.15, 0.2) is 0 Å². The van der Waals surface area contributed by atoms with Gasteiger partial charge in [0.2, 0.25) is 5.91 Å². The molecule has 29 heavy (non-hydrogen) atoms. The monoisotopic (exact) mass is 471 g/mol. The number of halogens is 4. The van der Waals surface area contributed by atoms with Crippen molar-refractivity contribution in [2.45, 2.75) is 12.8 Å². The summed E-state index contributed by atoms with van der Waals surface area (Å²) in [5, 5.41) is 5.64. The molecule has 1 aliphatic rings. The molecule has 1 aliphatic heterocycles. The fourth-order valence-corrected chi connectivity index (χ4v) is 4.05. The van der Waals surface area contributed by atoms with Gasteiger partial charge in [0, 0.05) is 29.6 Å². The van der Waals surface area contributed by atoms with Crippen molar-refractivity contribution in [3.8, 4) is 0 Å². The van der Waals surface area contributed by atoms with Crippen LogP contribution in [0.25, 0.3) is 0 Å². The maximum Gasteiger partial charge on any atom is 0.255 e. The van der Waals surface area contributed by atoms with Gasteiger partial charge in [-0.15, -0.1) is 0 Å². The summed E-state index contributed by atoms with van der Waals surface area (Å²) in [5.41, 5.74) is 3.46. The highest BCUT2D eigenvalue weighted by Gasteiger charge is 2.28. The van der Waals surface area contributed by atoms with Crippen molar-refractivity contribution in [3.05, 3.63) is 67.6 Å². The first-order chi connectivity index (χ1) is 13.9. The Morgan fingerprint density at radius 2 is 1.66 bits per heavy atom. The average Bonchev–Trinajstić information content (AvgIpc) is 2.70. The highest BCUT2D eigenvalue weighted by molar-refractivity contribution is 6.38. The van der Waals surface area contributed by atoms with Gasteiger partial charge in [-0.2, -0.15) is 5.10 Å². The molecular formula is C20H17Cl4N3O2. The van der Waals surface area contributed by atoms with Gasteiger partial charge in [0.05, 0.1) is 26.8 Å². The normalized spacial score (nSPS) is 15.0. The molecule has 0 saturated carbocycles. The maximum atomic E-state index is 12.7. The molecular weight excluding hydrogens is 456 g/mol. The molecule has 0 aliphatic carbocycles. The van der Waals surface area contributed by atoms with Crippen molar-refractivity contribution in [2.24, 2.45) is 11.0 Å². The van der Waals surface area contributed by atoms with Crippen LogP contribution in [0, 0.1) is 5.92 Å². The van der Waals surface area contributed by atoms with Gasteiger partial charge in [0.25, 0.3) is 5.91 Å². The Labute approximate surface area is 188 Å². The lowest BCUT2D eigenvalue weighted by Gasteiger charge is -2.31. The number of carbonyl (C=O) groups excluding carboxylic acids is 2. The van der Waals surface area contributed by atoms with Crippen molar-refractivity contribution in [2.75, 3.05) is 13.1 Å². The van der Waals surface area contributed by atoms with E-state index in [1.54, 1.807) is 41.3 Å². The van der Waals surface area contributed by atoms with E-state index in [1.807, 2.05) is 0 Å².